The van der Waals surface area contributed by atoms with Crippen molar-refractivity contribution >= 4 is 21.2 Å². The smallest absolute Gasteiger partial charge is 0.348 e. The van der Waals surface area contributed by atoms with E-state index in [1.807, 2.05) is 34.5 Å². The largest absolute Gasteiger partial charge is 0.493 e. The van der Waals surface area contributed by atoms with Gasteiger partial charge in [-0.2, -0.15) is 0 Å². The molecule has 5 rings (SSSR count). The van der Waals surface area contributed by atoms with Crippen molar-refractivity contribution in [1.82, 2.24) is 4.90 Å². The number of rotatable bonds is 8. The van der Waals surface area contributed by atoms with Crippen molar-refractivity contribution in [2.45, 2.75) is 60.8 Å². The lowest BCUT2D eigenvalue weighted by atomic mass is 9.50. The molecule has 10 nitrogen and oxygen atoms in total. The highest BCUT2D eigenvalue weighted by Gasteiger charge is 2.71. The number of aliphatic hydroxyl groups excluding tert-OH is 1. The van der Waals surface area contributed by atoms with Gasteiger partial charge in [0.05, 0.1) is 30.7 Å². The van der Waals surface area contributed by atoms with E-state index >= 15 is 0 Å². The number of carboxylic acid groups (broad SMARTS) is 1. The van der Waals surface area contributed by atoms with E-state index < -0.39 is 47.4 Å². The van der Waals surface area contributed by atoms with Gasteiger partial charge in [-0.15, -0.1) is 0 Å². The fourth-order valence-corrected chi connectivity index (χ4v) is 6.46. The highest BCUT2D eigenvalue weighted by Crippen LogP contribution is 2.65. The van der Waals surface area contributed by atoms with Crippen molar-refractivity contribution in [3.8, 4) is 11.5 Å². The zero-order chi connectivity index (χ0) is 25.1. The minimum absolute atomic E-state index is 0.0820. The van der Waals surface area contributed by atoms with E-state index in [1.165, 1.54) is 0 Å². The Kier molecular flexibility index (Phi) is 5.99. The SMILES string of the molecule is COc1ccc2c3c1OC1C(OC[C@@H](O)CC(=O)O[C@@H](P)C(=O)O)=CC[C@@]4(O)[C@@H](C2)N(C)CCC314. The lowest BCUT2D eigenvalue weighted by Gasteiger charge is -2.61. The van der Waals surface area contributed by atoms with Gasteiger partial charge in [-0.25, -0.2) is 4.79 Å². The fraction of sp³-hybridized carbons (Fsp3) is 0.583. The van der Waals surface area contributed by atoms with Crippen molar-refractivity contribution in [3.63, 3.8) is 0 Å². The van der Waals surface area contributed by atoms with Crippen LogP contribution in [0.25, 0.3) is 0 Å². The molecule has 1 aromatic rings. The average molecular weight is 507 g/mol. The van der Waals surface area contributed by atoms with Crippen molar-refractivity contribution in [3.05, 3.63) is 35.1 Å². The lowest BCUT2D eigenvalue weighted by molar-refractivity contribution is -0.166. The summed E-state index contributed by atoms with van der Waals surface area (Å²) in [6.07, 6.45) is 1.30. The van der Waals surface area contributed by atoms with E-state index in [0.717, 1.165) is 17.7 Å². The molecular weight excluding hydrogens is 477 g/mol. The standard InChI is InChI=1S/C24H30NO9P/c1-25-8-7-23-18-12-3-4-14(31-2)19(18)34-20(23)15(5-6-24(23,30)16(25)9-12)32-11-13(26)10-17(27)33-22(35)21(28)29/h3-5,13,16,20,22,26,30H,6-11,35H2,1-2H3,(H,28,29)/t13-,16+,20?,22-,23?,24+/m0/s1. The number of ether oxygens (including phenoxy) is 4. The summed E-state index contributed by atoms with van der Waals surface area (Å²) in [5.74, 6) is -1.82. The molecule has 11 heteroatoms. The summed E-state index contributed by atoms with van der Waals surface area (Å²) < 4.78 is 22.8. The maximum atomic E-state index is 12.2. The van der Waals surface area contributed by atoms with Crippen LogP contribution in [0.4, 0.5) is 0 Å². The minimum Gasteiger partial charge on any atom is -0.493 e. The highest BCUT2D eigenvalue weighted by atomic mass is 31.0. The van der Waals surface area contributed by atoms with Crippen LogP contribution >= 0.6 is 9.24 Å². The van der Waals surface area contributed by atoms with Crippen LogP contribution in [0.5, 0.6) is 11.5 Å². The summed E-state index contributed by atoms with van der Waals surface area (Å²) in [5.41, 5.74) is 0.324. The molecule has 3 N–H and O–H groups in total. The average Bonchev–Trinajstić information content (AvgIpc) is 3.16. The topological polar surface area (TPSA) is 135 Å². The molecule has 35 heavy (non-hydrogen) atoms. The molecule has 4 aliphatic rings. The van der Waals surface area contributed by atoms with Crippen LogP contribution in [-0.2, 0) is 30.9 Å². The molecule has 0 saturated carbocycles. The van der Waals surface area contributed by atoms with Gasteiger partial charge in [-0.05, 0) is 44.1 Å². The number of likely N-dealkylation sites (N-methyl/N-ethyl adjacent to an activating group) is 1. The van der Waals surface area contributed by atoms with Gasteiger partial charge >= 0.3 is 11.9 Å². The first kappa shape index (κ1) is 24.3. The molecule has 190 valence electrons. The Morgan fingerprint density at radius 2 is 2.14 bits per heavy atom. The number of benzene rings is 1. The number of carboxylic acids is 1. The predicted molar refractivity (Wildman–Crippen MR) is 125 cm³/mol. The third kappa shape index (κ3) is 3.53. The van der Waals surface area contributed by atoms with Gasteiger partial charge in [-0.3, -0.25) is 4.79 Å². The molecule has 3 unspecified atom stereocenters. The highest BCUT2D eigenvalue weighted by molar-refractivity contribution is 7.19. The van der Waals surface area contributed by atoms with E-state index in [-0.39, 0.29) is 12.6 Å². The van der Waals surface area contributed by atoms with Crippen molar-refractivity contribution < 1.29 is 43.9 Å². The molecule has 0 radical (unpaired) electrons. The third-order valence-corrected chi connectivity index (χ3v) is 8.33. The summed E-state index contributed by atoms with van der Waals surface area (Å²) >= 11 is 0. The van der Waals surface area contributed by atoms with E-state index in [1.54, 1.807) is 7.11 Å². The number of aliphatic carboxylic acids is 1. The van der Waals surface area contributed by atoms with Crippen LogP contribution in [0.2, 0.25) is 0 Å². The van der Waals surface area contributed by atoms with Crippen LogP contribution in [0.3, 0.4) is 0 Å². The molecule has 2 aliphatic heterocycles. The van der Waals surface area contributed by atoms with Crippen molar-refractivity contribution in [2.75, 3.05) is 27.3 Å². The fourth-order valence-electron chi connectivity index (χ4n) is 6.31. The molecule has 1 fully saturated rings. The Morgan fingerprint density at radius 1 is 1.37 bits per heavy atom. The summed E-state index contributed by atoms with van der Waals surface area (Å²) in [4.78, 5) is 25.0. The van der Waals surface area contributed by atoms with Gasteiger partial charge in [0.15, 0.2) is 17.6 Å². The number of nitrogens with zero attached hydrogens (tertiary/aromatic N) is 1. The first-order valence-corrected chi connectivity index (χ1v) is 12.3. The van der Waals surface area contributed by atoms with Crippen LogP contribution in [0.1, 0.15) is 30.4 Å². The third-order valence-electron chi connectivity index (χ3n) is 7.90. The Balaban J connectivity index is 1.40. The first-order chi connectivity index (χ1) is 16.6. The maximum Gasteiger partial charge on any atom is 0.348 e. The molecule has 7 atom stereocenters. The Hall–Kier alpha value is -2.39. The lowest BCUT2D eigenvalue weighted by Crippen LogP contribution is -2.74. The molecular formula is C24H30NO9P. The van der Waals surface area contributed by atoms with Gasteiger partial charge in [0.2, 0.25) is 5.85 Å². The van der Waals surface area contributed by atoms with Crippen molar-refractivity contribution in [1.29, 1.82) is 0 Å². The Bertz CT molecular complexity index is 1090. The van der Waals surface area contributed by atoms with E-state index in [0.29, 0.717) is 36.5 Å². The van der Waals surface area contributed by atoms with Gasteiger partial charge in [0.1, 0.15) is 12.4 Å². The summed E-state index contributed by atoms with van der Waals surface area (Å²) in [6.45, 7) is 0.567. The molecule has 2 bridgehead atoms. The second kappa shape index (κ2) is 8.62. The maximum absolute atomic E-state index is 12.2. The first-order valence-electron chi connectivity index (χ1n) is 11.6. The number of likely N-dealkylation sites (tertiary alicyclic amines) is 1. The molecule has 1 spiro atoms. The van der Waals surface area contributed by atoms with E-state index in [9.17, 15) is 19.8 Å². The number of aliphatic hydroxyl groups is 2. The second-order valence-electron chi connectivity index (χ2n) is 9.70. The zero-order valence-corrected chi connectivity index (χ0v) is 20.8. The summed E-state index contributed by atoms with van der Waals surface area (Å²) in [6, 6.07) is 3.85. The number of carbonyl (C=O) groups excluding carboxylic acids is 1. The monoisotopic (exact) mass is 507 g/mol. The zero-order valence-electron chi connectivity index (χ0n) is 19.6. The molecule has 0 aromatic heterocycles. The Morgan fingerprint density at radius 3 is 2.86 bits per heavy atom. The molecule has 2 aliphatic carbocycles. The van der Waals surface area contributed by atoms with Crippen LogP contribution in [0, 0.1) is 0 Å². The number of methoxy groups -OCH3 is 1. The molecule has 1 aromatic carbocycles. The van der Waals surface area contributed by atoms with E-state index in [2.05, 4.69) is 4.90 Å². The number of hydrogen-bond donors (Lipinski definition) is 3. The van der Waals surface area contributed by atoms with Crippen LogP contribution in [0.15, 0.2) is 24.0 Å². The number of esters is 1. The predicted octanol–water partition coefficient (Wildman–Crippen LogP) is 0.569. The van der Waals surface area contributed by atoms with Crippen LogP contribution < -0.4 is 9.47 Å². The Labute approximate surface area is 205 Å². The van der Waals surface area contributed by atoms with Gasteiger partial charge in [0.25, 0.3) is 0 Å². The minimum atomic E-state index is -1.38. The quantitative estimate of drug-likeness (QED) is 0.339. The van der Waals surface area contributed by atoms with E-state index in [4.69, 9.17) is 24.1 Å². The van der Waals surface area contributed by atoms with Gasteiger partial charge in [-0.1, -0.05) is 15.3 Å². The second-order valence-corrected chi connectivity index (χ2v) is 10.3. The van der Waals surface area contributed by atoms with Gasteiger partial charge in [0, 0.05) is 18.0 Å². The molecule has 2 heterocycles. The summed E-state index contributed by atoms with van der Waals surface area (Å²) in [5, 5.41) is 31.4. The van der Waals surface area contributed by atoms with Crippen LogP contribution in [-0.4, -0.2) is 89.2 Å². The number of hydrogen-bond acceptors (Lipinski definition) is 9. The molecule has 0 amide bonds. The number of piperidine rings is 1. The van der Waals surface area contributed by atoms with Crippen molar-refractivity contribution in [2.24, 2.45) is 0 Å². The summed E-state index contributed by atoms with van der Waals surface area (Å²) in [7, 11) is 5.52. The normalized spacial score (nSPS) is 32.0. The number of carbonyl (C=O) groups is 2. The van der Waals surface area contributed by atoms with Gasteiger partial charge < -0.3 is 39.2 Å². The molecule has 1 saturated heterocycles.